The molecule has 0 spiro atoms. The Labute approximate surface area is 144 Å². The molecule has 0 fully saturated rings. The van der Waals surface area contributed by atoms with E-state index in [9.17, 15) is 14.4 Å². The number of hydrogen-bond acceptors (Lipinski definition) is 4. The van der Waals surface area contributed by atoms with Gasteiger partial charge in [-0.05, 0) is 43.2 Å². The van der Waals surface area contributed by atoms with Crippen LogP contribution in [0, 0.1) is 6.92 Å². The van der Waals surface area contributed by atoms with Gasteiger partial charge in [-0.3, -0.25) is 9.59 Å². The van der Waals surface area contributed by atoms with Crippen molar-refractivity contribution >= 4 is 28.3 Å². The molecule has 25 heavy (non-hydrogen) atoms. The van der Waals surface area contributed by atoms with Crippen LogP contribution in [-0.2, 0) is 11.2 Å². The van der Waals surface area contributed by atoms with Crippen LogP contribution in [0.2, 0.25) is 0 Å². The molecule has 0 unspecified atom stereocenters. The van der Waals surface area contributed by atoms with E-state index in [1.165, 1.54) is 13.0 Å². The molecule has 1 heterocycles. The average Bonchev–Trinajstić information content (AvgIpc) is 2.54. The average molecular weight is 335 g/mol. The lowest BCUT2D eigenvalue weighted by atomic mass is 10.1. The molecule has 5 nitrogen and oxygen atoms in total. The summed E-state index contributed by atoms with van der Waals surface area (Å²) in [6.45, 7) is 3.37. The summed E-state index contributed by atoms with van der Waals surface area (Å²) >= 11 is 0. The molecular formula is C20H17NO4. The summed E-state index contributed by atoms with van der Waals surface area (Å²) in [6, 6.07) is 13.6. The number of anilines is 1. The first-order chi connectivity index (χ1) is 11.9. The van der Waals surface area contributed by atoms with Gasteiger partial charge >= 0.3 is 5.63 Å². The Morgan fingerprint density at radius 1 is 1.08 bits per heavy atom. The van der Waals surface area contributed by atoms with E-state index in [2.05, 4.69) is 5.32 Å². The van der Waals surface area contributed by atoms with E-state index < -0.39 is 5.63 Å². The molecule has 1 amide bonds. The monoisotopic (exact) mass is 335 g/mol. The van der Waals surface area contributed by atoms with Crippen LogP contribution < -0.4 is 10.9 Å². The van der Waals surface area contributed by atoms with Gasteiger partial charge in [0.2, 0.25) is 5.91 Å². The van der Waals surface area contributed by atoms with Crippen molar-refractivity contribution in [2.45, 2.75) is 20.3 Å². The summed E-state index contributed by atoms with van der Waals surface area (Å²) < 4.78 is 5.20. The minimum atomic E-state index is -0.487. The molecule has 1 aromatic heterocycles. The third kappa shape index (κ3) is 3.83. The summed E-state index contributed by atoms with van der Waals surface area (Å²) in [5.74, 6) is -0.341. The largest absolute Gasteiger partial charge is 0.423 e. The summed E-state index contributed by atoms with van der Waals surface area (Å²) in [7, 11) is 0. The van der Waals surface area contributed by atoms with Crippen LogP contribution in [0.1, 0.15) is 28.4 Å². The molecule has 0 saturated heterocycles. The molecule has 3 rings (SSSR count). The van der Waals surface area contributed by atoms with E-state index in [1.807, 2.05) is 19.1 Å². The lowest BCUT2D eigenvalue weighted by Crippen LogP contribution is -2.16. The van der Waals surface area contributed by atoms with Crippen molar-refractivity contribution in [2.24, 2.45) is 0 Å². The third-order valence-electron chi connectivity index (χ3n) is 3.89. The zero-order valence-electron chi connectivity index (χ0n) is 14.0. The van der Waals surface area contributed by atoms with Gasteiger partial charge in [0.1, 0.15) is 5.58 Å². The molecule has 126 valence electrons. The second-order valence-electron chi connectivity index (χ2n) is 5.95. The number of carbonyl (C=O) groups is 2. The Kier molecular flexibility index (Phi) is 4.48. The topological polar surface area (TPSA) is 76.4 Å². The fourth-order valence-electron chi connectivity index (χ4n) is 2.68. The lowest BCUT2D eigenvalue weighted by molar-refractivity contribution is -0.115. The molecule has 3 aromatic rings. The highest BCUT2D eigenvalue weighted by molar-refractivity contribution is 5.98. The number of nitrogens with one attached hydrogen (secondary N) is 1. The number of hydrogen-bond donors (Lipinski definition) is 1. The zero-order chi connectivity index (χ0) is 18.0. The van der Waals surface area contributed by atoms with Crippen molar-refractivity contribution in [2.75, 3.05) is 5.32 Å². The van der Waals surface area contributed by atoms with E-state index in [4.69, 9.17) is 4.42 Å². The van der Waals surface area contributed by atoms with Gasteiger partial charge in [0.05, 0.1) is 6.42 Å². The summed E-state index contributed by atoms with van der Waals surface area (Å²) in [5, 5.41) is 3.49. The Morgan fingerprint density at radius 3 is 2.64 bits per heavy atom. The van der Waals surface area contributed by atoms with Crippen LogP contribution in [0.25, 0.3) is 11.0 Å². The van der Waals surface area contributed by atoms with Crippen LogP contribution >= 0.6 is 0 Å². The first kappa shape index (κ1) is 16.6. The van der Waals surface area contributed by atoms with E-state index in [0.717, 1.165) is 10.9 Å². The molecule has 0 aliphatic heterocycles. The molecule has 0 aliphatic carbocycles. The van der Waals surface area contributed by atoms with E-state index in [1.54, 1.807) is 30.3 Å². The van der Waals surface area contributed by atoms with Crippen LogP contribution in [0.4, 0.5) is 5.69 Å². The maximum atomic E-state index is 12.4. The maximum absolute atomic E-state index is 12.4. The molecule has 0 saturated carbocycles. The number of amides is 1. The van der Waals surface area contributed by atoms with Crippen molar-refractivity contribution in [3.8, 4) is 0 Å². The molecule has 1 N–H and O–H groups in total. The maximum Gasteiger partial charge on any atom is 0.336 e. The summed E-state index contributed by atoms with van der Waals surface area (Å²) in [6.07, 6.45) is 0.0372. The van der Waals surface area contributed by atoms with Crippen molar-refractivity contribution < 1.29 is 14.0 Å². The molecule has 0 bridgehead atoms. The minimum absolute atomic E-state index is 0.0372. The quantitative estimate of drug-likeness (QED) is 0.585. The van der Waals surface area contributed by atoms with Crippen LogP contribution in [-0.4, -0.2) is 11.7 Å². The van der Waals surface area contributed by atoms with Gasteiger partial charge in [-0.2, -0.15) is 0 Å². The Balaban J connectivity index is 1.86. The first-order valence-corrected chi connectivity index (χ1v) is 7.86. The van der Waals surface area contributed by atoms with Crippen molar-refractivity contribution in [3.63, 3.8) is 0 Å². The molecule has 0 aliphatic rings. The van der Waals surface area contributed by atoms with Gasteiger partial charge in [-0.1, -0.05) is 24.3 Å². The minimum Gasteiger partial charge on any atom is -0.423 e. The van der Waals surface area contributed by atoms with Crippen molar-refractivity contribution in [1.29, 1.82) is 0 Å². The number of ketones is 1. The van der Waals surface area contributed by atoms with Gasteiger partial charge < -0.3 is 9.73 Å². The third-order valence-corrected chi connectivity index (χ3v) is 3.89. The summed E-state index contributed by atoms with van der Waals surface area (Å²) in [4.78, 5) is 35.5. The molecule has 0 atom stereocenters. The Morgan fingerprint density at radius 2 is 1.88 bits per heavy atom. The smallest absolute Gasteiger partial charge is 0.336 e. The van der Waals surface area contributed by atoms with Gasteiger partial charge in [0.15, 0.2) is 5.78 Å². The summed E-state index contributed by atoms with van der Waals surface area (Å²) in [5.41, 5.74) is 2.62. The normalized spacial score (nSPS) is 10.6. The SMILES string of the molecule is CC(=O)c1cccc(NC(=O)Cc2cc(=O)oc3cc(C)ccc23)c1. The highest BCUT2D eigenvalue weighted by Crippen LogP contribution is 2.19. The number of fused-ring (bicyclic) bond motifs is 1. The van der Waals surface area contributed by atoms with Crippen molar-refractivity contribution in [3.05, 3.63) is 75.6 Å². The molecular weight excluding hydrogens is 318 g/mol. The number of carbonyl (C=O) groups excluding carboxylic acids is 2. The van der Waals surface area contributed by atoms with Crippen molar-refractivity contribution in [1.82, 2.24) is 0 Å². The van der Waals surface area contributed by atoms with Crippen LogP contribution in [0.15, 0.2) is 57.7 Å². The predicted molar refractivity (Wildman–Crippen MR) is 96.0 cm³/mol. The molecule has 5 heteroatoms. The second kappa shape index (κ2) is 6.73. The van der Waals surface area contributed by atoms with E-state index >= 15 is 0 Å². The number of benzene rings is 2. The van der Waals surface area contributed by atoms with Crippen LogP contribution in [0.5, 0.6) is 0 Å². The molecule has 2 aromatic carbocycles. The van der Waals surface area contributed by atoms with Gasteiger partial charge in [0.25, 0.3) is 0 Å². The van der Waals surface area contributed by atoms with Gasteiger partial charge in [0, 0.05) is 22.7 Å². The first-order valence-electron chi connectivity index (χ1n) is 7.86. The van der Waals surface area contributed by atoms with Gasteiger partial charge in [-0.15, -0.1) is 0 Å². The standard InChI is InChI=1S/C20H17NO4/c1-12-6-7-17-15(11-20(24)25-18(17)8-12)10-19(23)21-16-5-3-4-14(9-16)13(2)22/h3-9,11H,10H2,1-2H3,(H,21,23). The lowest BCUT2D eigenvalue weighted by Gasteiger charge is -2.08. The number of aryl methyl sites for hydroxylation is 1. The fourth-order valence-corrected chi connectivity index (χ4v) is 2.68. The Bertz CT molecular complexity index is 1030. The predicted octanol–water partition coefficient (Wildman–Crippen LogP) is 3.49. The van der Waals surface area contributed by atoms with E-state index in [-0.39, 0.29) is 18.1 Å². The van der Waals surface area contributed by atoms with Gasteiger partial charge in [-0.25, -0.2) is 4.79 Å². The van der Waals surface area contributed by atoms with Crippen LogP contribution in [0.3, 0.4) is 0 Å². The Hall–Kier alpha value is -3.21. The highest BCUT2D eigenvalue weighted by atomic mass is 16.4. The highest BCUT2D eigenvalue weighted by Gasteiger charge is 2.11. The zero-order valence-corrected chi connectivity index (χ0v) is 14.0. The van der Waals surface area contributed by atoms with E-state index in [0.29, 0.717) is 22.4 Å². The fraction of sp³-hybridized carbons (Fsp3) is 0.150. The number of Topliss-reactive ketones (excluding diaryl/α,β-unsaturated/α-hetero) is 1. The number of rotatable bonds is 4. The molecule has 0 radical (unpaired) electrons. The second-order valence-corrected chi connectivity index (χ2v) is 5.95.